The summed E-state index contributed by atoms with van der Waals surface area (Å²) in [6.45, 7) is 8.97. The number of nitrogens with two attached hydrogens (primary N) is 1. The molecule has 0 aliphatic carbocycles. The summed E-state index contributed by atoms with van der Waals surface area (Å²) in [7, 11) is 0. The summed E-state index contributed by atoms with van der Waals surface area (Å²) in [5.74, 6) is 0.221. The largest absolute Gasteiger partial charge is 0.330 e. The second-order valence-corrected chi connectivity index (χ2v) is 7.30. The number of benzene rings is 1. The zero-order valence-corrected chi connectivity index (χ0v) is 13.9. The van der Waals surface area contributed by atoms with Crippen molar-refractivity contribution in [3.8, 4) is 0 Å². The predicted molar refractivity (Wildman–Crippen MR) is 89.9 cm³/mol. The van der Waals surface area contributed by atoms with Crippen LogP contribution in [0.1, 0.15) is 32.8 Å². The molecule has 4 heteroatoms. The summed E-state index contributed by atoms with van der Waals surface area (Å²) in [6, 6.07) is 8.43. The maximum absolute atomic E-state index is 13.1. The third-order valence-electron chi connectivity index (χ3n) is 5.43. The zero-order chi connectivity index (χ0) is 15.9. The van der Waals surface area contributed by atoms with Crippen LogP contribution in [0, 0.1) is 5.41 Å². The highest BCUT2D eigenvalue weighted by Crippen LogP contribution is 2.34. The van der Waals surface area contributed by atoms with Crippen LogP contribution in [0.4, 0.5) is 5.69 Å². The number of carbonyl (C=O) groups excluding carboxylic acids is 1. The van der Waals surface area contributed by atoms with E-state index in [0.717, 1.165) is 31.6 Å². The fourth-order valence-corrected chi connectivity index (χ4v) is 3.82. The monoisotopic (exact) mass is 301 g/mol. The molecule has 1 fully saturated rings. The lowest BCUT2D eigenvalue weighted by Gasteiger charge is -2.31. The minimum Gasteiger partial charge on any atom is -0.330 e. The molecule has 1 aromatic carbocycles. The number of likely N-dealkylation sites (tertiary alicyclic amines) is 1. The quantitative estimate of drug-likeness (QED) is 0.929. The number of hydrogen-bond donors (Lipinski definition) is 1. The molecule has 1 amide bonds. The highest BCUT2D eigenvalue weighted by molar-refractivity contribution is 5.99. The van der Waals surface area contributed by atoms with Gasteiger partial charge in [-0.15, -0.1) is 0 Å². The van der Waals surface area contributed by atoms with Crippen LogP contribution in [-0.4, -0.2) is 42.5 Å². The summed E-state index contributed by atoms with van der Waals surface area (Å²) >= 11 is 0. The molecular weight excluding hydrogens is 274 g/mol. The van der Waals surface area contributed by atoms with E-state index in [0.29, 0.717) is 6.54 Å². The Hall–Kier alpha value is -1.39. The van der Waals surface area contributed by atoms with E-state index in [4.69, 9.17) is 5.73 Å². The molecule has 0 spiro atoms. The Kier molecular flexibility index (Phi) is 4.00. The molecule has 1 saturated heterocycles. The van der Waals surface area contributed by atoms with Crippen molar-refractivity contribution < 1.29 is 4.79 Å². The van der Waals surface area contributed by atoms with Crippen LogP contribution in [-0.2, 0) is 11.2 Å². The van der Waals surface area contributed by atoms with Crippen molar-refractivity contribution in [2.45, 2.75) is 45.7 Å². The molecule has 2 heterocycles. The van der Waals surface area contributed by atoms with Gasteiger partial charge in [0.25, 0.3) is 0 Å². The molecule has 2 aliphatic rings. The van der Waals surface area contributed by atoms with Crippen LogP contribution < -0.4 is 10.6 Å². The molecule has 0 aromatic heterocycles. The Bertz CT molecular complexity index is 573. The van der Waals surface area contributed by atoms with Gasteiger partial charge in [-0.3, -0.25) is 9.69 Å². The summed E-state index contributed by atoms with van der Waals surface area (Å²) in [4.78, 5) is 17.4. The summed E-state index contributed by atoms with van der Waals surface area (Å²) in [5.41, 5.74) is 8.42. The van der Waals surface area contributed by atoms with Crippen molar-refractivity contribution in [1.29, 1.82) is 0 Å². The standard InChI is InChI=1S/C18H27N3O/c1-13-10-15-6-4-5-7-16(15)21(13)17(22)14(2)20-9-8-18(3,11-19)12-20/h4-7,13-14H,8-12,19H2,1-3H3. The SMILES string of the molecule is CC(C(=O)N1c2ccccc2CC1C)N1CCC(C)(CN)C1. The Balaban J connectivity index is 1.77. The fraction of sp³-hybridized carbons (Fsp3) is 0.611. The second kappa shape index (κ2) is 5.67. The van der Waals surface area contributed by atoms with E-state index in [-0.39, 0.29) is 23.4 Å². The van der Waals surface area contributed by atoms with Crippen molar-refractivity contribution in [2.24, 2.45) is 11.1 Å². The van der Waals surface area contributed by atoms with E-state index in [1.54, 1.807) is 0 Å². The summed E-state index contributed by atoms with van der Waals surface area (Å²) in [6.07, 6.45) is 2.03. The zero-order valence-electron chi connectivity index (χ0n) is 13.9. The van der Waals surface area contributed by atoms with Gasteiger partial charge in [0.15, 0.2) is 0 Å². The first kappa shape index (κ1) is 15.5. The second-order valence-electron chi connectivity index (χ2n) is 7.30. The summed E-state index contributed by atoms with van der Waals surface area (Å²) in [5, 5.41) is 0. The number of anilines is 1. The molecule has 22 heavy (non-hydrogen) atoms. The Morgan fingerprint density at radius 2 is 2.18 bits per heavy atom. The van der Waals surface area contributed by atoms with Crippen molar-refractivity contribution >= 4 is 11.6 Å². The Labute approximate surface area is 133 Å². The van der Waals surface area contributed by atoms with Crippen molar-refractivity contribution in [3.05, 3.63) is 29.8 Å². The fourth-order valence-electron chi connectivity index (χ4n) is 3.82. The molecule has 0 saturated carbocycles. The molecule has 120 valence electrons. The van der Waals surface area contributed by atoms with E-state index in [2.05, 4.69) is 36.9 Å². The van der Waals surface area contributed by atoms with Crippen LogP contribution in [0.5, 0.6) is 0 Å². The molecule has 3 unspecified atom stereocenters. The molecule has 1 aromatic rings. The molecule has 4 nitrogen and oxygen atoms in total. The van der Waals surface area contributed by atoms with Crippen LogP contribution in [0.15, 0.2) is 24.3 Å². The van der Waals surface area contributed by atoms with Crippen LogP contribution >= 0.6 is 0 Å². The lowest BCUT2D eigenvalue weighted by molar-refractivity contribution is -0.123. The Morgan fingerprint density at radius 3 is 2.86 bits per heavy atom. The lowest BCUT2D eigenvalue weighted by atomic mass is 9.90. The van der Waals surface area contributed by atoms with Crippen molar-refractivity contribution in [1.82, 2.24) is 4.90 Å². The number of hydrogen-bond acceptors (Lipinski definition) is 3. The third kappa shape index (κ3) is 2.55. The first-order valence-electron chi connectivity index (χ1n) is 8.30. The topological polar surface area (TPSA) is 49.6 Å². The van der Waals surface area contributed by atoms with Gasteiger partial charge in [-0.05, 0) is 56.8 Å². The third-order valence-corrected chi connectivity index (χ3v) is 5.43. The number of amides is 1. The highest BCUT2D eigenvalue weighted by Gasteiger charge is 2.40. The average molecular weight is 301 g/mol. The van der Waals surface area contributed by atoms with Gasteiger partial charge in [0.1, 0.15) is 0 Å². The van der Waals surface area contributed by atoms with E-state index >= 15 is 0 Å². The Morgan fingerprint density at radius 1 is 1.45 bits per heavy atom. The number of para-hydroxylation sites is 1. The van der Waals surface area contributed by atoms with Crippen LogP contribution in [0.2, 0.25) is 0 Å². The van der Waals surface area contributed by atoms with E-state index < -0.39 is 0 Å². The van der Waals surface area contributed by atoms with Gasteiger partial charge in [0.2, 0.25) is 5.91 Å². The molecule has 3 atom stereocenters. The maximum Gasteiger partial charge on any atom is 0.244 e. The van der Waals surface area contributed by atoms with Gasteiger partial charge in [-0.1, -0.05) is 25.1 Å². The first-order valence-corrected chi connectivity index (χ1v) is 8.30. The summed E-state index contributed by atoms with van der Waals surface area (Å²) < 4.78 is 0. The van der Waals surface area contributed by atoms with Gasteiger partial charge in [0, 0.05) is 18.3 Å². The van der Waals surface area contributed by atoms with E-state index in [1.165, 1.54) is 5.56 Å². The normalized spacial score (nSPS) is 29.6. The molecule has 2 aliphatic heterocycles. The highest BCUT2D eigenvalue weighted by atomic mass is 16.2. The smallest absolute Gasteiger partial charge is 0.244 e. The van der Waals surface area contributed by atoms with Crippen LogP contribution in [0.3, 0.4) is 0 Å². The maximum atomic E-state index is 13.1. The first-order chi connectivity index (χ1) is 10.4. The van der Waals surface area contributed by atoms with Crippen LogP contribution in [0.25, 0.3) is 0 Å². The van der Waals surface area contributed by atoms with E-state index in [1.807, 2.05) is 17.9 Å². The predicted octanol–water partition coefficient (Wildman–Crippen LogP) is 2.02. The number of rotatable bonds is 3. The molecule has 2 N–H and O–H groups in total. The van der Waals surface area contributed by atoms with Gasteiger partial charge >= 0.3 is 0 Å². The minimum atomic E-state index is -0.0815. The average Bonchev–Trinajstić information content (AvgIpc) is 3.06. The number of carbonyl (C=O) groups is 1. The van der Waals surface area contributed by atoms with Gasteiger partial charge in [-0.25, -0.2) is 0 Å². The molecular formula is C18H27N3O. The lowest BCUT2D eigenvalue weighted by Crippen LogP contribution is -2.49. The number of fused-ring (bicyclic) bond motifs is 1. The van der Waals surface area contributed by atoms with Crippen molar-refractivity contribution in [3.63, 3.8) is 0 Å². The van der Waals surface area contributed by atoms with Gasteiger partial charge < -0.3 is 10.6 Å². The van der Waals surface area contributed by atoms with Gasteiger partial charge in [-0.2, -0.15) is 0 Å². The van der Waals surface area contributed by atoms with Gasteiger partial charge in [0.05, 0.1) is 6.04 Å². The van der Waals surface area contributed by atoms with Crippen molar-refractivity contribution in [2.75, 3.05) is 24.5 Å². The molecule has 0 radical (unpaired) electrons. The number of nitrogens with zero attached hydrogens (tertiary/aromatic N) is 2. The minimum absolute atomic E-state index is 0.0815. The molecule has 3 rings (SSSR count). The molecule has 0 bridgehead atoms. The van der Waals surface area contributed by atoms with E-state index in [9.17, 15) is 4.79 Å².